The number of nitrogens with zero attached hydrogens (tertiary/aromatic N) is 1. The average Bonchev–Trinajstić information content (AvgIpc) is 2.72. The van der Waals surface area contributed by atoms with Crippen LogP contribution in [-0.4, -0.2) is 36.5 Å². The lowest BCUT2D eigenvalue weighted by molar-refractivity contribution is -0.129. The molecule has 0 radical (unpaired) electrons. The maximum absolute atomic E-state index is 11.7. The molecule has 1 amide bonds. The summed E-state index contributed by atoms with van der Waals surface area (Å²) in [4.78, 5) is 16.4. The summed E-state index contributed by atoms with van der Waals surface area (Å²) < 4.78 is 0. The van der Waals surface area contributed by atoms with Crippen molar-refractivity contribution < 1.29 is 4.79 Å². The van der Waals surface area contributed by atoms with Gasteiger partial charge in [0, 0.05) is 29.4 Å². The predicted octanol–water partition coefficient (Wildman–Crippen LogP) is 0.877. The molecule has 94 valence electrons. The monoisotopic (exact) mass is 253 g/mol. The van der Waals surface area contributed by atoms with Gasteiger partial charge in [-0.2, -0.15) is 0 Å². The summed E-state index contributed by atoms with van der Waals surface area (Å²) in [5.41, 5.74) is 5.89. The summed E-state index contributed by atoms with van der Waals surface area (Å²) in [5, 5.41) is 2.88. The van der Waals surface area contributed by atoms with Gasteiger partial charge in [0.2, 0.25) is 5.91 Å². The number of hydrogen-bond acceptors (Lipinski definition) is 4. The van der Waals surface area contributed by atoms with Crippen molar-refractivity contribution in [2.75, 3.05) is 19.6 Å². The lowest BCUT2D eigenvalue weighted by Crippen LogP contribution is -2.55. The number of aryl methyl sites for hydroxylation is 1. The SMILES string of the molecule is Cc1ccc(C(CN)N2CCNC(=O)C2C)s1. The molecule has 0 bridgehead atoms. The van der Waals surface area contributed by atoms with Crippen molar-refractivity contribution in [1.82, 2.24) is 10.2 Å². The van der Waals surface area contributed by atoms with Crippen LogP contribution in [0.5, 0.6) is 0 Å². The number of amides is 1. The first-order valence-electron chi connectivity index (χ1n) is 5.93. The third-order valence-corrected chi connectivity index (χ3v) is 4.36. The van der Waals surface area contributed by atoms with Crippen molar-refractivity contribution in [3.63, 3.8) is 0 Å². The van der Waals surface area contributed by atoms with Gasteiger partial charge in [-0.3, -0.25) is 9.69 Å². The highest BCUT2D eigenvalue weighted by Crippen LogP contribution is 2.28. The van der Waals surface area contributed by atoms with Crippen LogP contribution in [-0.2, 0) is 4.79 Å². The van der Waals surface area contributed by atoms with Gasteiger partial charge in [-0.25, -0.2) is 0 Å². The first-order valence-corrected chi connectivity index (χ1v) is 6.75. The van der Waals surface area contributed by atoms with Gasteiger partial charge in [0.1, 0.15) is 0 Å². The van der Waals surface area contributed by atoms with Gasteiger partial charge in [-0.1, -0.05) is 0 Å². The molecule has 1 aromatic heterocycles. The zero-order chi connectivity index (χ0) is 12.4. The van der Waals surface area contributed by atoms with Crippen molar-refractivity contribution in [2.24, 2.45) is 5.73 Å². The van der Waals surface area contributed by atoms with Crippen LogP contribution in [0.2, 0.25) is 0 Å². The molecule has 0 aromatic carbocycles. The summed E-state index contributed by atoms with van der Waals surface area (Å²) in [7, 11) is 0. The van der Waals surface area contributed by atoms with E-state index in [4.69, 9.17) is 5.73 Å². The van der Waals surface area contributed by atoms with E-state index >= 15 is 0 Å². The summed E-state index contributed by atoms with van der Waals surface area (Å²) in [5.74, 6) is 0.1000. The highest BCUT2D eigenvalue weighted by atomic mass is 32.1. The molecule has 0 saturated carbocycles. The second kappa shape index (κ2) is 5.16. The largest absolute Gasteiger partial charge is 0.353 e. The molecule has 1 aromatic rings. The van der Waals surface area contributed by atoms with E-state index in [1.807, 2.05) is 6.92 Å². The smallest absolute Gasteiger partial charge is 0.237 e. The second-order valence-corrected chi connectivity index (χ2v) is 5.72. The van der Waals surface area contributed by atoms with Crippen molar-refractivity contribution in [1.29, 1.82) is 0 Å². The molecule has 1 aliphatic rings. The minimum Gasteiger partial charge on any atom is -0.353 e. The quantitative estimate of drug-likeness (QED) is 0.840. The van der Waals surface area contributed by atoms with Gasteiger partial charge in [0.05, 0.1) is 12.1 Å². The topological polar surface area (TPSA) is 58.4 Å². The Bertz CT molecular complexity index is 404. The van der Waals surface area contributed by atoms with Gasteiger partial charge in [0.15, 0.2) is 0 Å². The molecule has 0 spiro atoms. The summed E-state index contributed by atoms with van der Waals surface area (Å²) >= 11 is 1.76. The standard InChI is InChI=1S/C12H19N3OS/c1-8-3-4-11(17-8)10(7-13)15-6-5-14-12(16)9(15)2/h3-4,9-10H,5-7,13H2,1-2H3,(H,14,16). The van der Waals surface area contributed by atoms with E-state index in [2.05, 4.69) is 29.3 Å². The Morgan fingerprint density at radius 2 is 2.41 bits per heavy atom. The van der Waals surface area contributed by atoms with Gasteiger partial charge < -0.3 is 11.1 Å². The number of nitrogens with one attached hydrogen (secondary N) is 1. The fourth-order valence-corrected chi connectivity index (χ4v) is 3.29. The first kappa shape index (κ1) is 12.5. The molecule has 5 heteroatoms. The van der Waals surface area contributed by atoms with E-state index in [1.54, 1.807) is 11.3 Å². The molecule has 17 heavy (non-hydrogen) atoms. The van der Waals surface area contributed by atoms with E-state index in [0.717, 1.165) is 6.54 Å². The van der Waals surface area contributed by atoms with E-state index in [9.17, 15) is 4.79 Å². The Labute approximate surface area is 106 Å². The van der Waals surface area contributed by atoms with E-state index in [1.165, 1.54) is 9.75 Å². The lowest BCUT2D eigenvalue weighted by Gasteiger charge is -2.38. The van der Waals surface area contributed by atoms with Crippen molar-refractivity contribution in [2.45, 2.75) is 25.9 Å². The Hall–Kier alpha value is -0.910. The third-order valence-electron chi connectivity index (χ3n) is 3.26. The number of thiophene rings is 1. The van der Waals surface area contributed by atoms with Gasteiger partial charge >= 0.3 is 0 Å². The molecule has 2 rings (SSSR count). The minimum absolute atomic E-state index is 0.0975. The van der Waals surface area contributed by atoms with E-state index < -0.39 is 0 Å². The van der Waals surface area contributed by atoms with Crippen LogP contribution in [0.3, 0.4) is 0 Å². The Morgan fingerprint density at radius 3 is 3.00 bits per heavy atom. The number of hydrogen-bond donors (Lipinski definition) is 2. The lowest BCUT2D eigenvalue weighted by atomic mass is 10.1. The predicted molar refractivity (Wildman–Crippen MR) is 70.0 cm³/mol. The van der Waals surface area contributed by atoms with Gasteiger partial charge in [0.25, 0.3) is 0 Å². The third kappa shape index (κ3) is 2.51. The van der Waals surface area contributed by atoms with Crippen LogP contribution in [0.1, 0.15) is 22.7 Å². The van der Waals surface area contributed by atoms with Crippen molar-refractivity contribution in [3.05, 3.63) is 21.9 Å². The molecule has 2 unspecified atom stereocenters. The minimum atomic E-state index is -0.0975. The molecular weight excluding hydrogens is 234 g/mol. The van der Waals surface area contributed by atoms with Crippen LogP contribution in [0.15, 0.2) is 12.1 Å². The Kier molecular flexibility index (Phi) is 3.81. The Balaban J connectivity index is 2.20. The fourth-order valence-electron chi connectivity index (χ4n) is 2.27. The van der Waals surface area contributed by atoms with Crippen LogP contribution in [0.25, 0.3) is 0 Å². The highest BCUT2D eigenvalue weighted by Gasteiger charge is 2.31. The molecule has 1 aliphatic heterocycles. The van der Waals surface area contributed by atoms with Crippen molar-refractivity contribution >= 4 is 17.2 Å². The van der Waals surface area contributed by atoms with Crippen LogP contribution in [0.4, 0.5) is 0 Å². The molecular formula is C12H19N3OS. The van der Waals surface area contributed by atoms with Crippen LogP contribution < -0.4 is 11.1 Å². The number of carbonyl (C=O) groups is 1. The first-order chi connectivity index (χ1) is 8.13. The zero-order valence-electron chi connectivity index (χ0n) is 10.3. The summed E-state index contributed by atoms with van der Waals surface area (Å²) in [6, 6.07) is 4.29. The number of carbonyl (C=O) groups excluding carboxylic acids is 1. The number of piperazine rings is 1. The highest BCUT2D eigenvalue weighted by molar-refractivity contribution is 7.12. The normalized spacial score (nSPS) is 23.5. The maximum atomic E-state index is 11.7. The van der Waals surface area contributed by atoms with Crippen LogP contribution >= 0.6 is 11.3 Å². The average molecular weight is 253 g/mol. The second-order valence-electron chi connectivity index (χ2n) is 4.40. The molecule has 1 saturated heterocycles. The van der Waals surface area contributed by atoms with E-state index in [-0.39, 0.29) is 18.0 Å². The maximum Gasteiger partial charge on any atom is 0.237 e. The van der Waals surface area contributed by atoms with Gasteiger partial charge in [-0.15, -0.1) is 11.3 Å². The number of nitrogens with two attached hydrogens (primary N) is 1. The van der Waals surface area contributed by atoms with Crippen LogP contribution in [0, 0.1) is 6.92 Å². The van der Waals surface area contributed by atoms with Crippen molar-refractivity contribution in [3.8, 4) is 0 Å². The number of rotatable bonds is 3. The molecule has 2 heterocycles. The fraction of sp³-hybridized carbons (Fsp3) is 0.583. The molecule has 4 nitrogen and oxygen atoms in total. The summed E-state index contributed by atoms with van der Waals surface area (Å²) in [6.45, 7) is 6.17. The summed E-state index contributed by atoms with van der Waals surface area (Å²) in [6.07, 6.45) is 0. The molecule has 0 aliphatic carbocycles. The molecule has 2 atom stereocenters. The molecule has 1 fully saturated rings. The van der Waals surface area contributed by atoms with Gasteiger partial charge in [-0.05, 0) is 26.0 Å². The van der Waals surface area contributed by atoms with E-state index in [0.29, 0.717) is 13.1 Å². The zero-order valence-corrected chi connectivity index (χ0v) is 11.1. The molecule has 3 N–H and O–H groups in total. The Morgan fingerprint density at radius 1 is 1.65 bits per heavy atom.